The van der Waals surface area contributed by atoms with Gasteiger partial charge in [0, 0.05) is 29.9 Å². The number of hydrogen-bond donors (Lipinski definition) is 1. The van der Waals surface area contributed by atoms with Gasteiger partial charge in [-0.2, -0.15) is 0 Å². The molecule has 0 spiro atoms. The predicted octanol–water partition coefficient (Wildman–Crippen LogP) is 3.95. The maximum Gasteiger partial charge on any atom is 0.133 e. The minimum absolute atomic E-state index is 0.0484. The lowest BCUT2D eigenvalue weighted by molar-refractivity contribution is 0.709. The van der Waals surface area contributed by atoms with E-state index in [2.05, 4.69) is 22.9 Å². The third-order valence-corrected chi connectivity index (χ3v) is 3.79. The molecule has 1 unspecified atom stereocenters. The molecule has 2 atom stereocenters. The van der Waals surface area contributed by atoms with Crippen molar-refractivity contribution in [2.75, 3.05) is 11.9 Å². The zero-order valence-corrected chi connectivity index (χ0v) is 12.8. The summed E-state index contributed by atoms with van der Waals surface area (Å²) in [6, 6.07) is 12.0. The van der Waals surface area contributed by atoms with Crippen molar-refractivity contribution in [2.45, 2.75) is 25.9 Å². The number of anilines is 1. The Labute approximate surface area is 125 Å². The Morgan fingerprint density at radius 2 is 1.95 bits per heavy atom. The van der Waals surface area contributed by atoms with E-state index in [1.165, 1.54) is 0 Å². The Bertz CT molecular complexity index is 583. The molecule has 2 N–H and O–H groups in total. The average molecular weight is 290 g/mol. The van der Waals surface area contributed by atoms with E-state index in [1.807, 2.05) is 44.3 Å². The zero-order valence-electron chi connectivity index (χ0n) is 12.0. The SMILES string of the molecule is CC(c1cccc(Cl)c1)N(C)c1ncccc1[C@H](C)N. The standard InChI is InChI=1S/C16H20ClN3/c1-11(18)15-8-5-9-19-16(15)20(3)12(2)13-6-4-7-14(17)10-13/h4-12H,18H2,1-3H3/t11-,12?/m0/s1. The van der Waals surface area contributed by atoms with Gasteiger partial charge in [-0.3, -0.25) is 0 Å². The van der Waals surface area contributed by atoms with Crippen LogP contribution in [-0.2, 0) is 0 Å². The lowest BCUT2D eigenvalue weighted by Gasteiger charge is -2.29. The summed E-state index contributed by atoms with van der Waals surface area (Å²) in [5, 5.41) is 0.746. The van der Waals surface area contributed by atoms with Crippen LogP contribution < -0.4 is 10.6 Å². The van der Waals surface area contributed by atoms with Crippen LogP contribution in [0.1, 0.15) is 37.1 Å². The molecular formula is C16H20ClN3. The van der Waals surface area contributed by atoms with Crippen LogP contribution >= 0.6 is 11.6 Å². The Kier molecular flexibility index (Phi) is 4.63. The van der Waals surface area contributed by atoms with E-state index in [0.29, 0.717) is 0 Å². The maximum atomic E-state index is 6.07. The summed E-state index contributed by atoms with van der Waals surface area (Å²) in [6.07, 6.45) is 1.79. The molecule has 0 aliphatic carbocycles. The molecule has 0 fully saturated rings. The summed E-state index contributed by atoms with van der Waals surface area (Å²) < 4.78 is 0. The topological polar surface area (TPSA) is 42.2 Å². The molecule has 1 heterocycles. The molecule has 0 bridgehead atoms. The minimum atomic E-state index is -0.0484. The molecular weight excluding hydrogens is 270 g/mol. The molecule has 2 aromatic rings. The number of benzene rings is 1. The van der Waals surface area contributed by atoms with Gasteiger partial charge in [0.05, 0.1) is 6.04 Å². The van der Waals surface area contributed by atoms with Gasteiger partial charge < -0.3 is 10.6 Å². The van der Waals surface area contributed by atoms with Crippen LogP contribution in [0.4, 0.5) is 5.82 Å². The van der Waals surface area contributed by atoms with Crippen LogP contribution in [0.2, 0.25) is 5.02 Å². The first-order valence-corrected chi connectivity index (χ1v) is 7.07. The fourth-order valence-electron chi connectivity index (χ4n) is 2.23. The molecule has 20 heavy (non-hydrogen) atoms. The Balaban J connectivity index is 2.34. The third-order valence-electron chi connectivity index (χ3n) is 3.55. The second kappa shape index (κ2) is 6.25. The first-order chi connectivity index (χ1) is 9.50. The van der Waals surface area contributed by atoms with Gasteiger partial charge in [0.25, 0.3) is 0 Å². The highest BCUT2D eigenvalue weighted by atomic mass is 35.5. The summed E-state index contributed by atoms with van der Waals surface area (Å²) >= 11 is 6.07. The summed E-state index contributed by atoms with van der Waals surface area (Å²) in [4.78, 5) is 6.61. The fraction of sp³-hybridized carbons (Fsp3) is 0.312. The number of pyridine rings is 1. The molecule has 3 nitrogen and oxygen atoms in total. The highest BCUT2D eigenvalue weighted by molar-refractivity contribution is 6.30. The van der Waals surface area contributed by atoms with Crippen molar-refractivity contribution < 1.29 is 0 Å². The Hall–Kier alpha value is -1.58. The van der Waals surface area contributed by atoms with Crippen LogP contribution in [0, 0.1) is 0 Å². The molecule has 0 aliphatic heterocycles. The third kappa shape index (κ3) is 3.11. The highest BCUT2D eigenvalue weighted by Crippen LogP contribution is 2.29. The molecule has 1 aromatic heterocycles. The molecule has 1 aromatic carbocycles. The molecule has 0 saturated heterocycles. The number of hydrogen-bond acceptors (Lipinski definition) is 3. The number of halogens is 1. The summed E-state index contributed by atoms with van der Waals surface area (Å²) in [5.74, 6) is 0.912. The molecule has 0 aliphatic rings. The average Bonchev–Trinajstić information content (AvgIpc) is 2.45. The van der Waals surface area contributed by atoms with E-state index in [-0.39, 0.29) is 12.1 Å². The zero-order chi connectivity index (χ0) is 14.7. The van der Waals surface area contributed by atoms with E-state index >= 15 is 0 Å². The van der Waals surface area contributed by atoms with Gasteiger partial charge in [-0.25, -0.2) is 4.98 Å². The first kappa shape index (κ1) is 14.8. The van der Waals surface area contributed by atoms with Gasteiger partial charge in [-0.05, 0) is 37.6 Å². The van der Waals surface area contributed by atoms with Gasteiger partial charge >= 0.3 is 0 Å². The molecule has 2 rings (SSSR count). The Morgan fingerprint density at radius 1 is 1.20 bits per heavy atom. The van der Waals surface area contributed by atoms with Crippen molar-refractivity contribution in [3.8, 4) is 0 Å². The van der Waals surface area contributed by atoms with Crippen molar-refractivity contribution in [1.29, 1.82) is 0 Å². The van der Waals surface area contributed by atoms with Gasteiger partial charge in [0.2, 0.25) is 0 Å². The van der Waals surface area contributed by atoms with Crippen molar-refractivity contribution >= 4 is 17.4 Å². The second-order valence-electron chi connectivity index (χ2n) is 5.05. The van der Waals surface area contributed by atoms with Crippen molar-refractivity contribution in [1.82, 2.24) is 4.98 Å². The second-order valence-corrected chi connectivity index (χ2v) is 5.48. The molecule has 0 radical (unpaired) electrons. The normalized spacial score (nSPS) is 13.8. The molecule has 106 valence electrons. The summed E-state index contributed by atoms with van der Waals surface area (Å²) in [6.45, 7) is 4.10. The smallest absolute Gasteiger partial charge is 0.133 e. The van der Waals surface area contributed by atoms with E-state index < -0.39 is 0 Å². The molecule has 4 heteroatoms. The van der Waals surface area contributed by atoms with Gasteiger partial charge in [-0.1, -0.05) is 29.8 Å². The quantitative estimate of drug-likeness (QED) is 0.926. The summed E-state index contributed by atoms with van der Waals surface area (Å²) in [5.41, 5.74) is 8.23. The van der Waals surface area contributed by atoms with Crippen LogP contribution in [0.3, 0.4) is 0 Å². The fourth-order valence-corrected chi connectivity index (χ4v) is 2.43. The van der Waals surface area contributed by atoms with Crippen LogP contribution in [0.15, 0.2) is 42.6 Å². The molecule has 0 amide bonds. The number of aromatic nitrogens is 1. The largest absolute Gasteiger partial charge is 0.353 e. The monoisotopic (exact) mass is 289 g/mol. The highest BCUT2D eigenvalue weighted by Gasteiger charge is 2.18. The van der Waals surface area contributed by atoms with E-state index in [9.17, 15) is 0 Å². The van der Waals surface area contributed by atoms with Gasteiger partial charge in [0.15, 0.2) is 0 Å². The number of nitrogens with zero attached hydrogens (tertiary/aromatic N) is 2. The maximum absolute atomic E-state index is 6.07. The summed E-state index contributed by atoms with van der Waals surface area (Å²) in [7, 11) is 2.03. The van der Waals surface area contributed by atoms with E-state index in [0.717, 1.165) is 22.0 Å². The van der Waals surface area contributed by atoms with Crippen LogP contribution in [-0.4, -0.2) is 12.0 Å². The van der Waals surface area contributed by atoms with Gasteiger partial charge in [0.1, 0.15) is 5.82 Å². The van der Waals surface area contributed by atoms with Crippen molar-refractivity contribution in [3.05, 3.63) is 58.7 Å². The Morgan fingerprint density at radius 3 is 2.60 bits per heavy atom. The minimum Gasteiger partial charge on any atom is -0.353 e. The predicted molar refractivity (Wildman–Crippen MR) is 85.1 cm³/mol. The van der Waals surface area contributed by atoms with E-state index in [1.54, 1.807) is 6.20 Å². The van der Waals surface area contributed by atoms with E-state index in [4.69, 9.17) is 17.3 Å². The molecule has 0 saturated carbocycles. The first-order valence-electron chi connectivity index (χ1n) is 6.69. The van der Waals surface area contributed by atoms with Crippen molar-refractivity contribution in [2.24, 2.45) is 5.73 Å². The number of nitrogens with two attached hydrogens (primary N) is 1. The van der Waals surface area contributed by atoms with Gasteiger partial charge in [-0.15, -0.1) is 0 Å². The lowest BCUT2D eigenvalue weighted by Crippen LogP contribution is -2.25. The van der Waals surface area contributed by atoms with Crippen molar-refractivity contribution in [3.63, 3.8) is 0 Å². The van der Waals surface area contributed by atoms with Crippen LogP contribution in [0.5, 0.6) is 0 Å². The van der Waals surface area contributed by atoms with Crippen LogP contribution in [0.25, 0.3) is 0 Å². The number of rotatable bonds is 4. The lowest BCUT2D eigenvalue weighted by atomic mass is 10.1.